The largest absolute Gasteiger partial charge is 0.497 e. The van der Waals surface area contributed by atoms with Gasteiger partial charge in [0.25, 0.3) is 0 Å². The van der Waals surface area contributed by atoms with Gasteiger partial charge in [0.05, 0.1) is 7.11 Å². The summed E-state index contributed by atoms with van der Waals surface area (Å²) in [5, 5.41) is 2.70. The van der Waals surface area contributed by atoms with Gasteiger partial charge in [-0.25, -0.2) is 9.18 Å². The topological polar surface area (TPSA) is 41.6 Å². The molecule has 0 unspecified atom stereocenters. The van der Waals surface area contributed by atoms with Crippen molar-refractivity contribution in [2.45, 2.75) is 13.1 Å². The summed E-state index contributed by atoms with van der Waals surface area (Å²) in [7, 11) is 3.30. The van der Waals surface area contributed by atoms with Crippen molar-refractivity contribution in [1.82, 2.24) is 10.2 Å². The van der Waals surface area contributed by atoms with E-state index in [1.165, 1.54) is 6.07 Å². The van der Waals surface area contributed by atoms with E-state index in [0.717, 1.165) is 11.3 Å². The zero-order chi connectivity index (χ0) is 15.9. The van der Waals surface area contributed by atoms with E-state index in [4.69, 9.17) is 4.74 Å². The lowest BCUT2D eigenvalue weighted by Gasteiger charge is -2.18. The highest BCUT2D eigenvalue weighted by atomic mass is 19.1. The van der Waals surface area contributed by atoms with Crippen LogP contribution in [0.2, 0.25) is 0 Å². The molecule has 2 amide bonds. The van der Waals surface area contributed by atoms with Gasteiger partial charge in [0, 0.05) is 25.7 Å². The molecule has 116 valence electrons. The monoisotopic (exact) mass is 302 g/mol. The molecule has 0 aliphatic rings. The van der Waals surface area contributed by atoms with Gasteiger partial charge in [-0.1, -0.05) is 30.3 Å². The summed E-state index contributed by atoms with van der Waals surface area (Å²) in [6.45, 7) is 0.631. The SMILES string of the molecule is COc1ccc(CN(C)C(=O)NCc2ccccc2F)cc1. The van der Waals surface area contributed by atoms with Crippen LogP contribution >= 0.6 is 0 Å². The second-order valence-electron chi connectivity index (χ2n) is 4.95. The first-order chi connectivity index (χ1) is 10.6. The van der Waals surface area contributed by atoms with E-state index in [9.17, 15) is 9.18 Å². The minimum absolute atomic E-state index is 0.165. The highest BCUT2D eigenvalue weighted by Crippen LogP contribution is 2.12. The molecule has 0 bridgehead atoms. The van der Waals surface area contributed by atoms with Crippen LogP contribution < -0.4 is 10.1 Å². The van der Waals surface area contributed by atoms with Crippen LogP contribution in [-0.2, 0) is 13.1 Å². The number of urea groups is 1. The Balaban J connectivity index is 1.87. The lowest BCUT2D eigenvalue weighted by atomic mass is 10.2. The average molecular weight is 302 g/mol. The molecule has 5 heteroatoms. The van der Waals surface area contributed by atoms with E-state index in [2.05, 4.69) is 5.32 Å². The minimum atomic E-state index is -0.319. The van der Waals surface area contributed by atoms with Crippen LogP contribution in [0.3, 0.4) is 0 Å². The molecule has 2 rings (SSSR count). The Morgan fingerprint density at radius 1 is 1.18 bits per heavy atom. The number of ether oxygens (including phenoxy) is 1. The van der Waals surface area contributed by atoms with Crippen molar-refractivity contribution < 1.29 is 13.9 Å². The number of amides is 2. The number of benzene rings is 2. The van der Waals surface area contributed by atoms with Crippen molar-refractivity contribution in [1.29, 1.82) is 0 Å². The fraction of sp³-hybridized carbons (Fsp3) is 0.235. The predicted octanol–water partition coefficient (Wildman–Crippen LogP) is 3.18. The maximum absolute atomic E-state index is 13.5. The Labute approximate surface area is 129 Å². The quantitative estimate of drug-likeness (QED) is 0.921. The van der Waals surface area contributed by atoms with Crippen molar-refractivity contribution in [3.8, 4) is 5.75 Å². The Morgan fingerprint density at radius 2 is 1.86 bits per heavy atom. The van der Waals surface area contributed by atoms with Crippen molar-refractivity contribution in [2.75, 3.05) is 14.2 Å². The number of nitrogens with zero attached hydrogens (tertiary/aromatic N) is 1. The Morgan fingerprint density at radius 3 is 2.50 bits per heavy atom. The molecule has 0 aliphatic heterocycles. The van der Waals surface area contributed by atoms with Gasteiger partial charge in [-0.05, 0) is 23.8 Å². The van der Waals surface area contributed by atoms with Gasteiger partial charge in [-0.2, -0.15) is 0 Å². The van der Waals surface area contributed by atoms with E-state index in [1.54, 1.807) is 37.3 Å². The summed E-state index contributed by atoms with van der Waals surface area (Å²) in [5.41, 5.74) is 1.46. The molecule has 0 radical (unpaired) electrons. The molecule has 0 heterocycles. The maximum atomic E-state index is 13.5. The molecule has 1 N–H and O–H groups in total. The molecule has 0 aromatic heterocycles. The number of halogens is 1. The Hall–Kier alpha value is -2.56. The van der Waals surface area contributed by atoms with Crippen LogP contribution in [0.15, 0.2) is 48.5 Å². The predicted molar refractivity (Wildman–Crippen MR) is 83.1 cm³/mol. The molecule has 2 aromatic rings. The van der Waals surface area contributed by atoms with Crippen LogP contribution in [0.4, 0.5) is 9.18 Å². The molecule has 0 aliphatic carbocycles. The van der Waals surface area contributed by atoms with Gasteiger partial charge < -0.3 is 15.0 Å². The first kappa shape index (κ1) is 15.8. The fourth-order valence-corrected chi connectivity index (χ4v) is 2.02. The van der Waals surface area contributed by atoms with Crippen LogP contribution in [-0.4, -0.2) is 25.1 Å². The zero-order valence-corrected chi connectivity index (χ0v) is 12.7. The molecule has 0 atom stereocenters. The number of carbonyl (C=O) groups is 1. The zero-order valence-electron chi connectivity index (χ0n) is 12.7. The Kier molecular flexibility index (Phi) is 5.36. The molecule has 2 aromatic carbocycles. The van der Waals surface area contributed by atoms with Gasteiger partial charge in [-0.3, -0.25) is 0 Å². The van der Waals surface area contributed by atoms with Gasteiger partial charge in [-0.15, -0.1) is 0 Å². The normalized spacial score (nSPS) is 10.1. The van der Waals surface area contributed by atoms with Gasteiger partial charge >= 0.3 is 6.03 Å². The van der Waals surface area contributed by atoms with Crippen LogP contribution in [0, 0.1) is 5.82 Å². The molecular weight excluding hydrogens is 283 g/mol. The highest BCUT2D eigenvalue weighted by Gasteiger charge is 2.10. The first-order valence-corrected chi connectivity index (χ1v) is 6.95. The average Bonchev–Trinajstić information content (AvgIpc) is 2.54. The smallest absolute Gasteiger partial charge is 0.317 e. The summed E-state index contributed by atoms with van der Waals surface area (Å²) in [4.78, 5) is 13.6. The minimum Gasteiger partial charge on any atom is -0.497 e. The van der Waals surface area contributed by atoms with Gasteiger partial charge in [0.2, 0.25) is 0 Å². The number of nitrogens with one attached hydrogen (secondary N) is 1. The summed E-state index contributed by atoms with van der Waals surface area (Å²) in [5.74, 6) is 0.455. The Bertz CT molecular complexity index is 629. The summed E-state index contributed by atoms with van der Waals surface area (Å²) < 4.78 is 18.6. The second kappa shape index (κ2) is 7.45. The van der Waals surface area contributed by atoms with E-state index >= 15 is 0 Å². The van der Waals surface area contributed by atoms with Crippen LogP contribution in [0.5, 0.6) is 5.75 Å². The maximum Gasteiger partial charge on any atom is 0.317 e. The van der Waals surface area contributed by atoms with Gasteiger partial charge in [0.1, 0.15) is 11.6 Å². The number of hydrogen-bond donors (Lipinski definition) is 1. The number of carbonyl (C=O) groups excluding carboxylic acids is 1. The van der Waals surface area contributed by atoms with Crippen LogP contribution in [0.25, 0.3) is 0 Å². The third kappa shape index (κ3) is 4.22. The molecule has 22 heavy (non-hydrogen) atoms. The molecule has 0 saturated carbocycles. The van der Waals surface area contributed by atoms with E-state index in [1.807, 2.05) is 24.3 Å². The van der Waals surface area contributed by atoms with E-state index in [0.29, 0.717) is 12.1 Å². The van der Waals surface area contributed by atoms with Crippen molar-refractivity contribution in [3.63, 3.8) is 0 Å². The lowest BCUT2D eigenvalue weighted by Crippen LogP contribution is -2.36. The second-order valence-corrected chi connectivity index (χ2v) is 4.95. The highest BCUT2D eigenvalue weighted by molar-refractivity contribution is 5.73. The van der Waals surface area contributed by atoms with Crippen molar-refractivity contribution >= 4 is 6.03 Å². The number of hydrogen-bond acceptors (Lipinski definition) is 2. The van der Waals surface area contributed by atoms with E-state index in [-0.39, 0.29) is 18.4 Å². The number of methoxy groups -OCH3 is 1. The van der Waals surface area contributed by atoms with Crippen LogP contribution in [0.1, 0.15) is 11.1 Å². The molecule has 0 saturated heterocycles. The van der Waals surface area contributed by atoms with E-state index < -0.39 is 0 Å². The van der Waals surface area contributed by atoms with Crippen molar-refractivity contribution in [2.24, 2.45) is 0 Å². The third-order valence-corrected chi connectivity index (χ3v) is 3.31. The molecule has 0 fully saturated rings. The molecular formula is C17H19FN2O2. The molecule has 0 spiro atoms. The summed E-state index contributed by atoms with van der Waals surface area (Å²) >= 11 is 0. The standard InChI is InChI=1S/C17H19FN2O2/c1-20(12-13-7-9-15(22-2)10-8-13)17(21)19-11-14-5-3-4-6-16(14)18/h3-10H,11-12H2,1-2H3,(H,19,21). The summed E-state index contributed by atoms with van der Waals surface area (Å²) in [6.07, 6.45) is 0. The molecule has 4 nitrogen and oxygen atoms in total. The first-order valence-electron chi connectivity index (χ1n) is 6.95. The fourth-order valence-electron chi connectivity index (χ4n) is 2.02. The number of rotatable bonds is 5. The third-order valence-electron chi connectivity index (χ3n) is 3.31. The van der Waals surface area contributed by atoms with Gasteiger partial charge in [0.15, 0.2) is 0 Å². The summed E-state index contributed by atoms with van der Waals surface area (Å²) in [6, 6.07) is 13.6. The van der Waals surface area contributed by atoms with Crippen molar-refractivity contribution in [3.05, 3.63) is 65.5 Å². The lowest BCUT2D eigenvalue weighted by molar-refractivity contribution is 0.206.